The second-order valence-corrected chi connectivity index (χ2v) is 16.3. The number of aliphatic imine (C=N–C) groups is 1. The molecule has 0 N–H and O–H groups in total. The van der Waals surface area contributed by atoms with Gasteiger partial charge in [-0.3, -0.25) is 24.2 Å². The summed E-state index contributed by atoms with van der Waals surface area (Å²) in [4.78, 5) is 66.1. The summed E-state index contributed by atoms with van der Waals surface area (Å²) in [6.45, 7) is 5.54. The van der Waals surface area contributed by atoms with Crippen molar-refractivity contribution < 1.29 is 23.9 Å². The van der Waals surface area contributed by atoms with Gasteiger partial charge in [0.2, 0.25) is 5.91 Å². The second kappa shape index (κ2) is 16.4. The normalized spacial score (nSPS) is 15.5. The van der Waals surface area contributed by atoms with Crippen LogP contribution < -0.4 is 0 Å². The molecule has 2 aliphatic heterocycles. The van der Waals surface area contributed by atoms with Crippen molar-refractivity contribution in [1.29, 1.82) is 5.26 Å². The largest absolute Gasteiger partial charge is 0.443 e. The molecule has 60 heavy (non-hydrogen) atoms. The Bertz CT molecular complexity index is 2690. The van der Waals surface area contributed by atoms with Gasteiger partial charge in [0.15, 0.2) is 0 Å². The number of amides is 3. The monoisotopic (exact) mass is 816 g/mol. The first-order valence-corrected chi connectivity index (χ1v) is 20.0. The number of rotatable bonds is 8. The predicted octanol–water partition coefficient (Wildman–Crippen LogP) is 8.51. The molecule has 6 aromatic rings. The Kier molecular flexibility index (Phi) is 10.9. The summed E-state index contributed by atoms with van der Waals surface area (Å²) in [5, 5.41) is 11.4. The van der Waals surface area contributed by atoms with Crippen molar-refractivity contribution in [3.63, 3.8) is 0 Å². The maximum Gasteiger partial charge on any atom is 0.419 e. The van der Waals surface area contributed by atoms with Crippen molar-refractivity contribution in [3.05, 3.63) is 171 Å². The maximum absolute atomic E-state index is 14.7. The van der Waals surface area contributed by atoms with Gasteiger partial charge in [-0.2, -0.15) is 5.26 Å². The summed E-state index contributed by atoms with van der Waals surface area (Å²) >= 11 is 6.35. The lowest BCUT2D eigenvalue weighted by Gasteiger charge is -2.41. The van der Waals surface area contributed by atoms with Gasteiger partial charge in [-0.25, -0.2) is 14.4 Å². The van der Waals surface area contributed by atoms with E-state index < -0.39 is 29.6 Å². The highest BCUT2D eigenvalue weighted by atomic mass is 35.5. The number of aromatic nitrogens is 1. The molecule has 0 aliphatic carbocycles. The van der Waals surface area contributed by atoms with E-state index in [1.54, 1.807) is 69.3 Å². The van der Waals surface area contributed by atoms with Crippen molar-refractivity contribution in [1.82, 2.24) is 19.3 Å². The van der Waals surface area contributed by atoms with Gasteiger partial charge in [-0.15, -0.1) is 0 Å². The predicted molar refractivity (Wildman–Crippen MR) is 229 cm³/mol. The molecule has 1 unspecified atom stereocenters. The minimum absolute atomic E-state index is 0.00889. The van der Waals surface area contributed by atoms with E-state index in [1.807, 2.05) is 83.8 Å². The number of hydrogen-bond donors (Lipinski definition) is 0. The van der Waals surface area contributed by atoms with Crippen LogP contribution in [0.1, 0.15) is 64.6 Å². The summed E-state index contributed by atoms with van der Waals surface area (Å²) in [6, 6.07) is 39.8. The number of piperazine rings is 1. The topological polar surface area (TPSA) is 128 Å². The van der Waals surface area contributed by atoms with Crippen LogP contribution in [-0.2, 0) is 34.0 Å². The third-order valence-corrected chi connectivity index (χ3v) is 10.8. The van der Waals surface area contributed by atoms with Crippen LogP contribution in [-0.4, -0.2) is 73.5 Å². The van der Waals surface area contributed by atoms with Gasteiger partial charge < -0.3 is 9.64 Å². The molecule has 3 heterocycles. The van der Waals surface area contributed by atoms with Crippen LogP contribution in [0.25, 0.3) is 10.9 Å². The molecule has 1 saturated heterocycles. The third-order valence-electron chi connectivity index (χ3n) is 10.5. The summed E-state index contributed by atoms with van der Waals surface area (Å²) in [5.41, 5.74) is 5.30. The highest BCUT2D eigenvalue weighted by Gasteiger charge is 2.43. The van der Waals surface area contributed by atoms with E-state index in [1.165, 1.54) is 14.4 Å². The lowest BCUT2D eigenvalue weighted by Crippen LogP contribution is -2.61. The van der Waals surface area contributed by atoms with E-state index in [2.05, 4.69) is 6.07 Å². The molecule has 0 spiro atoms. The van der Waals surface area contributed by atoms with E-state index in [4.69, 9.17) is 21.3 Å². The molecular formula is C48H41ClN6O5. The van der Waals surface area contributed by atoms with Gasteiger partial charge in [0.1, 0.15) is 17.7 Å². The number of nitrogens with zero attached hydrogens (tertiary/aromatic N) is 6. The maximum atomic E-state index is 14.7. The minimum atomic E-state index is -1.08. The van der Waals surface area contributed by atoms with Gasteiger partial charge in [-0.1, -0.05) is 96.5 Å². The minimum Gasteiger partial charge on any atom is -0.443 e. The molecule has 300 valence electrons. The van der Waals surface area contributed by atoms with E-state index in [0.717, 1.165) is 16.7 Å². The molecule has 1 atom stereocenters. The smallest absolute Gasteiger partial charge is 0.419 e. The lowest BCUT2D eigenvalue weighted by molar-refractivity contribution is -0.151. The Morgan fingerprint density at radius 1 is 0.833 bits per heavy atom. The molecule has 0 bridgehead atoms. The van der Waals surface area contributed by atoms with E-state index in [9.17, 15) is 24.4 Å². The first-order chi connectivity index (χ1) is 28.9. The highest BCUT2D eigenvalue weighted by Crippen LogP contribution is 2.31. The zero-order chi connectivity index (χ0) is 42.1. The molecule has 1 fully saturated rings. The van der Waals surface area contributed by atoms with Gasteiger partial charge in [0.05, 0.1) is 35.6 Å². The quantitative estimate of drug-likeness (QED) is 0.111. The fraction of sp³-hybridized carbons (Fsp3) is 0.208. The molecule has 8 rings (SSSR count). The van der Waals surface area contributed by atoms with E-state index >= 15 is 0 Å². The molecule has 12 heteroatoms. The molecular weight excluding hydrogens is 776 g/mol. The molecule has 11 nitrogen and oxygen atoms in total. The number of imide groups is 1. The van der Waals surface area contributed by atoms with E-state index in [0.29, 0.717) is 49.7 Å². The number of fused-ring (bicyclic) bond motifs is 2. The second-order valence-electron chi connectivity index (χ2n) is 15.9. The molecule has 3 amide bonds. The van der Waals surface area contributed by atoms with Crippen LogP contribution in [0.15, 0.2) is 132 Å². The molecule has 2 aliphatic rings. The van der Waals surface area contributed by atoms with Crippen LogP contribution in [0.5, 0.6) is 0 Å². The Morgan fingerprint density at radius 3 is 2.18 bits per heavy atom. The van der Waals surface area contributed by atoms with Crippen LogP contribution in [0, 0.1) is 11.3 Å². The SMILES string of the molecule is CC(C)(C)OC(=O)n1c(CN2CC(=O)N(Cc3ccc(C#N)c(N=C(c4ccccc4)c4ccccc4)c3)C(C(=O)N3Cc4ccccc4C3=O)C2)cc2cc(Cl)ccc21. The number of carbonyl (C=O) groups excluding carboxylic acids is 4. The van der Waals surface area contributed by atoms with Gasteiger partial charge in [0.25, 0.3) is 11.8 Å². The molecule has 0 radical (unpaired) electrons. The third kappa shape index (κ3) is 8.21. The summed E-state index contributed by atoms with van der Waals surface area (Å²) in [5.74, 6) is -1.29. The van der Waals surface area contributed by atoms with Crippen LogP contribution in [0.2, 0.25) is 5.02 Å². The standard InChI is InChI=1S/C48H41ClN6O5/c1-48(2,3)60-47(59)55-38(24-36-23-37(49)20-21-41(36)55)28-52-29-42(46(58)54-27-35-16-10-11-17-39(35)45(54)57)53(43(56)30-52)26-31-18-19-34(25-50)40(22-31)51-44(32-12-6-4-7-13-32)33-14-8-5-9-15-33/h4-24,42H,26-30H2,1-3H3. The van der Waals surface area contributed by atoms with Gasteiger partial charge in [-0.05, 0) is 74.4 Å². The summed E-state index contributed by atoms with van der Waals surface area (Å²) in [7, 11) is 0. The molecule has 1 aromatic heterocycles. The average Bonchev–Trinajstić information content (AvgIpc) is 3.76. The van der Waals surface area contributed by atoms with Crippen LogP contribution in [0.3, 0.4) is 0 Å². The molecule has 0 saturated carbocycles. The Morgan fingerprint density at radius 2 is 1.52 bits per heavy atom. The number of nitriles is 1. The zero-order valence-electron chi connectivity index (χ0n) is 33.3. The Balaban J connectivity index is 1.15. The van der Waals surface area contributed by atoms with Crippen molar-refractivity contribution in [2.24, 2.45) is 4.99 Å². The first-order valence-electron chi connectivity index (χ1n) is 19.6. The fourth-order valence-corrected chi connectivity index (χ4v) is 7.97. The van der Waals surface area contributed by atoms with Crippen molar-refractivity contribution >= 4 is 57.7 Å². The zero-order valence-corrected chi connectivity index (χ0v) is 34.1. The van der Waals surface area contributed by atoms with Crippen LogP contribution >= 0.6 is 11.6 Å². The molecule has 5 aromatic carbocycles. The van der Waals surface area contributed by atoms with Gasteiger partial charge >= 0.3 is 6.09 Å². The Hall–Kier alpha value is -6.87. The van der Waals surface area contributed by atoms with Gasteiger partial charge in [0, 0.05) is 52.4 Å². The van der Waals surface area contributed by atoms with Crippen LogP contribution in [0.4, 0.5) is 10.5 Å². The van der Waals surface area contributed by atoms with Crippen molar-refractivity contribution in [2.75, 3.05) is 13.1 Å². The number of benzene rings is 5. The highest BCUT2D eigenvalue weighted by molar-refractivity contribution is 6.31. The number of halogens is 1. The Labute approximate surface area is 352 Å². The van der Waals surface area contributed by atoms with Crippen molar-refractivity contribution in [3.8, 4) is 6.07 Å². The number of hydrogen-bond acceptors (Lipinski definition) is 8. The fourth-order valence-electron chi connectivity index (χ4n) is 7.79. The first kappa shape index (κ1) is 39.9. The summed E-state index contributed by atoms with van der Waals surface area (Å²) < 4.78 is 7.27. The average molecular weight is 817 g/mol. The van der Waals surface area contributed by atoms with E-state index in [-0.39, 0.29) is 38.6 Å². The summed E-state index contributed by atoms with van der Waals surface area (Å²) in [6.07, 6.45) is -0.588. The number of ether oxygens (including phenoxy) is 1. The lowest BCUT2D eigenvalue weighted by atomic mass is 10.0. The number of carbonyl (C=O) groups is 4. The van der Waals surface area contributed by atoms with Crippen molar-refractivity contribution in [2.45, 2.75) is 52.0 Å².